The minimum Gasteiger partial charge on any atom is -0.302 e. The predicted molar refractivity (Wildman–Crippen MR) is 44.1 cm³/mol. The minimum atomic E-state index is -0.533. The van der Waals surface area contributed by atoms with Crippen molar-refractivity contribution in [2.24, 2.45) is 0 Å². The average molecular weight is 158 g/mol. The van der Waals surface area contributed by atoms with Gasteiger partial charge in [0.25, 0.3) is 0 Å². The zero-order valence-corrected chi connectivity index (χ0v) is 9.09. The van der Waals surface area contributed by atoms with Crippen molar-refractivity contribution in [1.29, 1.82) is 0 Å². The number of rotatable bonds is 2. The molecule has 0 unspecified atom stereocenters. The van der Waals surface area contributed by atoms with Crippen LogP contribution in [0, 0.1) is 0 Å². The van der Waals surface area contributed by atoms with Gasteiger partial charge in [-0.15, -0.1) is 0 Å². The highest BCUT2D eigenvalue weighted by atomic mass is 30.1. The van der Waals surface area contributed by atoms with Gasteiger partial charge in [0.1, 0.15) is 5.41 Å². The third kappa shape index (κ3) is 1.27. The first-order valence-electron chi connectivity index (χ1n) is 2.91. The number of allylic oxidation sites excluding steroid dienone is 1. The van der Waals surface area contributed by atoms with Gasteiger partial charge in [0, 0.05) is 17.1 Å². The van der Waals surface area contributed by atoms with Gasteiger partial charge in [-0.25, -0.2) is 0 Å². The van der Waals surface area contributed by atoms with Crippen LogP contribution in [0.25, 0.3) is 0 Å². The molecular formula is C4H10OSi3. The van der Waals surface area contributed by atoms with E-state index >= 15 is 0 Å². The SMILES string of the molecule is C=C(C)C(=O)[SiH]1[SiH2][SiH2]1. The molecule has 1 saturated heterocycles. The second-order valence-electron chi connectivity index (χ2n) is 2.42. The molecule has 0 amide bonds. The maximum absolute atomic E-state index is 10.9. The molecule has 0 spiro atoms. The van der Waals surface area contributed by atoms with E-state index in [0.717, 1.165) is 5.57 Å². The molecule has 0 atom stereocenters. The predicted octanol–water partition coefficient (Wildman–Crippen LogP) is -1.84. The summed E-state index contributed by atoms with van der Waals surface area (Å²) >= 11 is 0. The first-order valence-corrected chi connectivity index (χ1v) is 14.0. The van der Waals surface area contributed by atoms with Gasteiger partial charge in [0.2, 0.25) is 0 Å². The molecule has 0 aromatic carbocycles. The Morgan fingerprint density at radius 3 is 2.25 bits per heavy atom. The van der Waals surface area contributed by atoms with Gasteiger partial charge in [-0.05, 0) is 12.5 Å². The highest BCUT2D eigenvalue weighted by Crippen LogP contribution is 2.00. The van der Waals surface area contributed by atoms with E-state index in [1.54, 1.807) is 0 Å². The molecule has 0 aliphatic carbocycles. The largest absolute Gasteiger partial charge is 0.302 e. The summed E-state index contributed by atoms with van der Waals surface area (Å²) in [5.41, 5.74) is 0.846. The first-order chi connectivity index (χ1) is 3.72. The Labute approximate surface area is 54.8 Å². The Morgan fingerprint density at radius 1 is 1.62 bits per heavy atom. The van der Waals surface area contributed by atoms with Gasteiger partial charge in [0.15, 0.2) is 0 Å². The van der Waals surface area contributed by atoms with Crippen LogP contribution in [0.5, 0.6) is 0 Å². The van der Waals surface area contributed by atoms with Crippen molar-refractivity contribution in [3.8, 4) is 0 Å². The van der Waals surface area contributed by atoms with Crippen LogP contribution in [0.15, 0.2) is 12.2 Å². The third-order valence-corrected chi connectivity index (χ3v) is 19.8. The topological polar surface area (TPSA) is 17.1 Å². The van der Waals surface area contributed by atoms with Crippen LogP contribution in [0.2, 0.25) is 0 Å². The summed E-state index contributed by atoms with van der Waals surface area (Å²) in [5, 5.41) is 0.531. The van der Waals surface area contributed by atoms with Crippen LogP contribution in [0.3, 0.4) is 0 Å². The summed E-state index contributed by atoms with van der Waals surface area (Å²) in [5.74, 6) is 0. The van der Waals surface area contributed by atoms with E-state index in [-0.39, 0.29) is 0 Å². The summed E-state index contributed by atoms with van der Waals surface area (Å²) in [7, 11) is 0.182. The molecule has 0 aromatic rings. The highest BCUT2D eigenvalue weighted by Gasteiger charge is 2.32. The van der Waals surface area contributed by atoms with Gasteiger partial charge in [-0.3, -0.25) is 0 Å². The second-order valence-corrected chi connectivity index (χ2v) is 28.7. The monoisotopic (exact) mass is 158 g/mol. The Bertz CT molecular complexity index is 138. The number of hydrogen-bond donors (Lipinski definition) is 0. The molecule has 1 aliphatic heterocycles. The zero-order valence-electron chi connectivity index (χ0n) is 5.11. The minimum absolute atomic E-state index is 0.358. The lowest BCUT2D eigenvalue weighted by atomic mass is 10.4. The van der Waals surface area contributed by atoms with Crippen LogP contribution in [0.4, 0.5) is 0 Å². The average Bonchev–Trinajstić information content (AvgIpc) is 2.43. The smallest absolute Gasteiger partial charge is 0.125 e. The molecule has 0 saturated carbocycles. The van der Waals surface area contributed by atoms with Crippen molar-refractivity contribution >= 4 is 30.3 Å². The van der Waals surface area contributed by atoms with Crippen molar-refractivity contribution in [3.63, 3.8) is 0 Å². The Morgan fingerprint density at radius 2 is 2.12 bits per heavy atom. The summed E-state index contributed by atoms with van der Waals surface area (Å²) in [6.45, 7) is 5.50. The van der Waals surface area contributed by atoms with E-state index < -0.39 is 7.83 Å². The van der Waals surface area contributed by atoms with Crippen LogP contribution < -0.4 is 0 Å². The lowest BCUT2D eigenvalue weighted by Crippen LogP contribution is -2.13. The van der Waals surface area contributed by atoms with E-state index in [0.29, 0.717) is 22.5 Å². The molecule has 1 nitrogen and oxygen atoms in total. The van der Waals surface area contributed by atoms with Crippen molar-refractivity contribution in [2.75, 3.05) is 0 Å². The van der Waals surface area contributed by atoms with Crippen molar-refractivity contribution < 1.29 is 4.79 Å². The first kappa shape index (κ1) is 6.18. The van der Waals surface area contributed by atoms with E-state index in [1.165, 1.54) is 0 Å². The summed E-state index contributed by atoms with van der Waals surface area (Å²) < 4.78 is 0. The molecule has 1 heterocycles. The van der Waals surface area contributed by atoms with Crippen LogP contribution >= 0.6 is 0 Å². The van der Waals surface area contributed by atoms with Gasteiger partial charge >= 0.3 is 0 Å². The number of hydrogen-bond acceptors (Lipinski definition) is 1. The van der Waals surface area contributed by atoms with E-state index in [9.17, 15) is 4.79 Å². The third-order valence-electron chi connectivity index (χ3n) is 1.37. The van der Waals surface area contributed by atoms with Crippen LogP contribution in [-0.4, -0.2) is 30.3 Å². The molecule has 0 aromatic heterocycles. The molecule has 0 radical (unpaired) electrons. The fourth-order valence-electron chi connectivity index (χ4n) is 0.694. The normalized spacial score (nSPS) is 30.9. The molecule has 1 aliphatic rings. The molecule has 1 rings (SSSR count). The van der Waals surface area contributed by atoms with Gasteiger partial charge < -0.3 is 4.79 Å². The van der Waals surface area contributed by atoms with Crippen molar-refractivity contribution in [3.05, 3.63) is 12.2 Å². The fourth-order valence-corrected chi connectivity index (χ4v) is 17.0. The Balaban J connectivity index is 2.45. The molecular weight excluding hydrogens is 148 g/mol. The molecule has 8 heavy (non-hydrogen) atoms. The Hall–Kier alpha value is 0.0606. The summed E-state index contributed by atoms with van der Waals surface area (Å²) in [6.07, 6.45) is 0. The number of carbonyl (C=O) groups excluding carboxylic acids is 1. The maximum Gasteiger partial charge on any atom is 0.125 e. The number of carbonyl (C=O) groups is 1. The quantitative estimate of drug-likeness (QED) is 0.341. The van der Waals surface area contributed by atoms with Gasteiger partial charge in [-0.1, -0.05) is 6.58 Å². The fraction of sp³-hybridized carbons (Fsp3) is 0.250. The van der Waals surface area contributed by atoms with E-state index in [2.05, 4.69) is 6.58 Å². The molecule has 1 fully saturated rings. The molecule has 0 N–H and O–H groups in total. The van der Waals surface area contributed by atoms with E-state index in [1.807, 2.05) is 6.92 Å². The zero-order chi connectivity index (χ0) is 6.15. The molecule has 4 heteroatoms. The second kappa shape index (κ2) is 2.12. The van der Waals surface area contributed by atoms with E-state index in [4.69, 9.17) is 0 Å². The van der Waals surface area contributed by atoms with Crippen molar-refractivity contribution in [1.82, 2.24) is 0 Å². The van der Waals surface area contributed by atoms with Crippen LogP contribution in [-0.2, 0) is 4.79 Å². The summed E-state index contributed by atoms with van der Waals surface area (Å²) in [6, 6.07) is 0. The molecule has 44 valence electrons. The van der Waals surface area contributed by atoms with Gasteiger partial charge in [-0.2, -0.15) is 0 Å². The summed E-state index contributed by atoms with van der Waals surface area (Å²) in [4.78, 5) is 10.9. The maximum atomic E-state index is 10.9. The highest BCUT2D eigenvalue weighted by molar-refractivity contribution is 7.90. The Kier molecular flexibility index (Phi) is 1.64. The lowest BCUT2D eigenvalue weighted by Gasteiger charge is -1.90. The standard InChI is InChI=1S/C4H10OSi3/c1-3(2)4(5)8-6-7-8/h8H,1,6-7H2,2H3. The van der Waals surface area contributed by atoms with Crippen LogP contribution in [0.1, 0.15) is 6.92 Å². The van der Waals surface area contributed by atoms with Crippen molar-refractivity contribution in [2.45, 2.75) is 6.92 Å². The van der Waals surface area contributed by atoms with Gasteiger partial charge in [0.05, 0.1) is 7.83 Å². The lowest BCUT2D eigenvalue weighted by molar-refractivity contribution is -0.108. The molecule has 0 bridgehead atoms.